The van der Waals surface area contributed by atoms with Gasteiger partial charge in [0, 0.05) is 4.88 Å². The van der Waals surface area contributed by atoms with Crippen LogP contribution in [0.2, 0.25) is 0 Å². The van der Waals surface area contributed by atoms with Gasteiger partial charge in [0.15, 0.2) is 0 Å². The molecule has 0 aliphatic heterocycles. The fourth-order valence-corrected chi connectivity index (χ4v) is 3.90. The zero-order valence-electron chi connectivity index (χ0n) is 11.5. The van der Waals surface area contributed by atoms with E-state index in [1.807, 2.05) is 25.3 Å². The summed E-state index contributed by atoms with van der Waals surface area (Å²) in [7, 11) is 0. The van der Waals surface area contributed by atoms with Crippen molar-refractivity contribution < 1.29 is 0 Å². The van der Waals surface area contributed by atoms with Gasteiger partial charge < -0.3 is 11.1 Å². The molecule has 5 nitrogen and oxygen atoms in total. The average Bonchev–Trinajstić information content (AvgIpc) is 2.95. The number of nitrogen functional groups attached to an aromatic ring is 1. The molecule has 0 aliphatic rings. The van der Waals surface area contributed by atoms with Crippen LogP contribution in [0.25, 0.3) is 10.2 Å². The van der Waals surface area contributed by atoms with Crippen LogP contribution in [0.3, 0.4) is 0 Å². The Bertz CT molecular complexity index is 761. The van der Waals surface area contributed by atoms with Crippen molar-refractivity contribution >= 4 is 44.7 Å². The van der Waals surface area contributed by atoms with Gasteiger partial charge >= 0.3 is 0 Å². The Hall–Kier alpha value is -1.73. The van der Waals surface area contributed by atoms with E-state index in [0.717, 1.165) is 26.7 Å². The highest BCUT2D eigenvalue weighted by molar-refractivity contribution is 7.16. The lowest BCUT2D eigenvalue weighted by Crippen LogP contribution is -2.09. The van der Waals surface area contributed by atoms with Gasteiger partial charge in [-0.2, -0.15) is 4.98 Å². The van der Waals surface area contributed by atoms with Crippen LogP contribution in [0.1, 0.15) is 28.5 Å². The molecule has 20 heavy (non-hydrogen) atoms. The number of anilines is 2. The van der Waals surface area contributed by atoms with Crippen LogP contribution >= 0.6 is 22.7 Å². The first-order valence-electron chi connectivity index (χ1n) is 6.26. The number of nitrogens with zero attached hydrogens (tertiary/aromatic N) is 3. The lowest BCUT2D eigenvalue weighted by atomic mass is 10.2. The molecule has 104 valence electrons. The van der Waals surface area contributed by atoms with Gasteiger partial charge in [0.05, 0.1) is 22.1 Å². The Kier molecular flexibility index (Phi) is 3.31. The highest BCUT2D eigenvalue weighted by atomic mass is 32.1. The van der Waals surface area contributed by atoms with E-state index in [1.165, 1.54) is 4.88 Å². The third kappa shape index (κ3) is 2.34. The number of nitrogens with two attached hydrogens (primary N) is 1. The van der Waals surface area contributed by atoms with E-state index in [4.69, 9.17) is 5.73 Å². The van der Waals surface area contributed by atoms with Crippen molar-refractivity contribution in [3.8, 4) is 0 Å². The van der Waals surface area contributed by atoms with Crippen LogP contribution in [-0.4, -0.2) is 15.0 Å². The SMILES string of the molecule is Cc1nc(C)c(C(C)Nc2nc(N)nc3sccc23)s1. The van der Waals surface area contributed by atoms with Gasteiger partial charge in [0.1, 0.15) is 10.6 Å². The maximum Gasteiger partial charge on any atom is 0.223 e. The molecule has 3 heterocycles. The van der Waals surface area contributed by atoms with Gasteiger partial charge in [0.25, 0.3) is 0 Å². The Morgan fingerprint density at radius 1 is 1.25 bits per heavy atom. The maximum absolute atomic E-state index is 5.77. The summed E-state index contributed by atoms with van der Waals surface area (Å²) in [4.78, 5) is 15.2. The molecule has 1 atom stereocenters. The topological polar surface area (TPSA) is 76.7 Å². The van der Waals surface area contributed by atoms with Crippen LogP contribution in [-0.2, 0) is 0 Å². The standard InChI is InChI=1S/C13H15N5S2/c1-6-10(20-8(3)15-6)7(2)16-11-9-4-5-19-12(9)18-13(14)17-11/h4-5,7H,1-3H3,(H3,14,16,17,18). The molecular formula is C13H15N5S2. The quantitative estimate of drug-likeness (QED) is 0.774. The number of fused-ring (bicyclic) bond motifs is 1. The van der Waals surface area contributed by atoms with Crippen LogP contribution < -0.4 is 11.1 Å². The zero-order chi connectivity index (χ0) is 14.3. The summed E-state index contributed by atoms with van der Waals surface area (Å²) in [6.45, 7) is 6.16. The third-order valence-electron chi connectivity index (χ3n) is 3.03. The summed E-state index contributed by atoms with van der Waals surface area (Å²) in [5.41, 5.74) is 6.83. The Labute approximate surface area is 124 Å². The first kappa shape index (κ1) is 13.3. The molecule has 0 bridgehead atoms. The van der Waals surface area contributed by atoms with Crippen molar-refractivity contribution in [3.05, 3.63) is 27.0 Å². The lowest BCUT2D eigenvalue weighted by Gasteiger charge is -2.14. The number of rotatable bonds is 3. The van der Waals surface area contributed by atoms with Crippen molar-refractivity contribution in [2.75, 3.05) is 11.1 Å². The molecule has 0 amide bonds. The maximum atomic E-state index is 5.77. The second-order valence-electron chi connectivity index (χ2n) is 4.62. The van der Waals surface area contributed by atoms with Crippen molar-refractivity contribution in [2.45, 2.75) is 26.8 Å². The molecule has 7 heteroatoms. The zero-order valence-corrected chi connectivity index (χ0v) is 13.1. The lowest BCUT2D eigenvalue weighted by molar-refractivity contribution is 0.882. The minimum absolute atomic E-state index is 0.138. The van der Waals surface area contributed by atoms with Gasteiger partial charge in [0.2, 0.25) is 5.95 Å². The highest BCUT2D eigenvalue weighted by Gasteiger charge is 2.15. The smallest absolute Gasteiger partial charge is 0.223 e. The number of nitrogens with one attached hydrogen (secondary N) is 1. The van der Waals surface area contributed by atoms with Crippen LogP contribution in [0, 0.1) is 13.8 Å². The van der Waals surface area contributed by atoms with Crippen LogP contribution in [0.15, 0.2) is 11.4 Å². The molecule has 1 unspecified atom stereocenters. The van der Waals surface area contributed by atoms with Gasteiger partial charge in [-0.3, -0.25) is 0 Å². The molecule has 0 fully saturated rings. The van der Waals surface area contributed by atoms with E-state index in [1.54, 1.807) is 22.7 Å². The summed E-state index contributed by atoms with van der Waals surface area (Å²) in [5.74, 6) is 1.08. The normalized spacial score (nSPS) is 12.8. The summed E-state index contributed by atoms with van der Waals surface area (Å²) in [6.07, 6.45) is 0. The molecule has 3 aromatic heterocycles. The minimum Gasteiger partial charge on any atom is -0.368 e. The molecule has 0 saturated carbocycles. The first-order valence-corrected chi connectivity index (χ1v) is 7.95. The van der Waals surface area contributed by atoms with Crippen molar-refractivity contribution in [1.82, 2.24) is 15.0 Å². The molecule has 0 aromatic carbocycles. The Morgan fingerprint density at radius 2 is 2.05 bits per heavy atom. The second-order valence-corrected chi connectivity index (χ2v) is 6.75. The highest BCUT2D eigenvalue weighted by Crippen LogP contribution is 2.31. The predicted molar refractivity (Wildman–Crippen MR) is 85.5 cm³/mol. The molecular weight excluding hydrogens is 290 g/mol. The molecule has 0 saturated heterocycles. The van der Waals surface area contributed by atoms with E-state index in [0.29, 0.717) is 5.95 Å². The number of hydrogen-bond acceptors (Lipinski definition) is 7. The Morgan fingerprint density at radius 3 is 2.75 bits per heavy atom. The van der Waals surface area contributed by atoms with E-state index < -0.39 is 0 Å². The Balaban J connectivity index is 1.96. The van der Waals surface area contributed by atoms with Gasteiger partial charge in [-0.05, 0) is 32.2 Å². The predicted octanol–water partition coefficient (Wildman–Crippen LogP) is 3.52. The van der Waals surface area contributed by atoms with Crippen molar-refractivity contribution in [3.63, 3.8) is 0 Å². The fourth-order valence-electron chi connectivity index (χ4n) is 2.20. The monoisotopic (exact) mass is 305 g/mol. The van der Waals surface area contributed by atoms with Crippen molar-refractivity contribution in [2.24, 2.45) is 0 Å². The number of aryl methyl sites for hydroxylation is 2. The van der Waals surface area contributed by atoms with E-state index in [9.17, 15) is 0 Å². The van der Waals surface area contributed by atoms with E-state index in [-0.39, 0.29) is 6.04 Å². The molecule has 0 spiro atoms. The average molecular weight is 305 g/mol. The summed E-state index contributed by atoms with van der Waals surface area (Å²) < 4.78 is 0. The van der Waals surface area contributed by atoms with E-state index in [2.05, 4.69) is 27.2 Å². The molecule has 3 N–H and O–H groups in total. The fraction of sp³-hybridized carbons (Fsp3) is 0.308. The minimum atomic E-state index is 0.138. The number of thiazole rings is 1. The summed E-state index contributed by atoms with van der Waals surface area (Å²) in [5, 5.41) is 7.51. The van der Waals surface area contributed by atoms with Gasteiger partial charge in [-0.25, -0.2) is 9.97 Å². The summed E-state index contributed by atoms with van der Waals surface area (Å²) >= 11 is 3.27. The van der Waals surface area contributed by atoms with Crippen LogP contribution in [0.4, 0.5) is 11.8 Å². The van der Waals surface area contributed by atoms with E-state index >= 15 is 0 Å². The molecule has 0 aliphatic carbocycles. The largest absolute Gasteiger partial charge is 0.368 e. The molecule has 3 rings (SSSR count). The first-order chi connectivity index (χ1) is 9.54. The van der Waals surface area contributed by atoms with Gasteiger partial charge in [-0.15, -0.1) is 22.7 Å². The molecule has 3 aromatic rings. The molecule has 0 radical (unpaired) electrons. The number of aromatic nitrogens is 3. The number of hydrogen-bond donors (Lipinski definition) is 2. The van der Waals surface area contributed by atoms with Crippen molar-refractivity contribution in [1.29, 1.82) is 0 Å². The summed E-state index contributed by atoms with van der Waals surface area (Å²) in [6, 6.07) is 2.15. The van der Waals surface area contributed by atoms with Crippen LogP contribution in [0.5, 0.6) is 0 Å². The third-order valence-corrected chi connectivity index (χ3v) is 5.09. The van der Waals surface area contributed by atoms with Gasteiger partial charge in [-0.1, -0.05) is 0 Å². The second kappa shape index (κ2) is 4.99. The number of thiophene rings is 1.